The van der Waals surface area contributed by atoms with Gasteiger partial charge in [0.25, 0.3) is 0 Å². The summed E-state index contributed by atoms with van der Waals surface area (Å²) in [5, 5.41) is 1.10. The van der Waals surface area contributed by atoms with Gasteiger partial charge in [0.15, 0.2) is 0 Å². The molecule has 1 amide bonds. The zero-order valence-corrected chi connectivity index (χ0v) is 23.2. The fourth-order valence-electron chi connectivity index (χ4n) is 3.97. The van der Waals surface area contributed by atoms with Crippen LogP contribution in [0.25, 0.3) is 0 Å². The number of hydrogen-bond donors (Lipinski definition) is 2. The van der Waals surface area contributed by atoms with Crippen LogP contribution in [0.15, 0.2) is 42.5 Å². The Morgan fingerprint density at radius 1 is 1.22 bits per heavy atom. The van der Waals surface area contributed by atoms with Gasteiger partial charge in [-0.3, -0.25) is 9.80 Å². The van der Waals surface area contributed by atoms with Gasteiger partial charge in [-0.05, 0) is 57.6 Å². The molecule has 0 aromatic heterocycles. The van der Waals surface area contributed by atoms with E-state index >= 15 is 4.39 Å². The number of anilines is 1. The molecule has 2 atom stereocenters. The number of rotatable bonds is 9. The van der Waals surface area contributed by atoms with E-state index in [0.717, 1.165) is 16.6 Å². The van der Waals surface area contributed by atoms with Crippen molar-refractivity contribution in [1.82, 2.24) is 4.41 Å². The molecule has 12 heteroatoms. The topological polar surface area (TPSA) is 136 Å². The van der Waals surface area contributed by atoms with Crippen molar-refractivity contribution in [2.75, 3.05) is 17.0 Å². The molecule has 9 nitrogen and oxygen atoms in total. The number of nitrogens with two attached hydrogens (primary N) is 2. The van der Waals surface area contributed by atoms with E-state index in [4.69, 9.17) is 15.7 Å². The molecular formula is C25H33FN4O5S2. The van der Waals surface area contributed by atoms with Crippen LogP contribution in [0.1, 0.15) is 56.7 Å². The standard InChI is InChI=1S/C25H33FN4O5S2/c1-16(22(27)31)18-8-11-21(20(26)14-18)29(15-17-6-9-19(10-7-17)24(2,3)4)30-25(28,12-13-36-5)23(32)35-37(30,33)34/h6-11,14,16H,12-13,15,28H2,1-5H3,(H2,27,31). The second-order valence-corrected chi connectivity index (χ2v) is 12.4. The van der Waals surface area contributed by atoms with Gasteiger partial charge in [-0.1, -0.05) is 51.1 Å². The number of primary amides is 1. The van der Waals surface area contributed by atoms with Crippen molar-refractivity contribution in [3.05, 3.63) is 65.0 Å². The Balaban J connectivity index is 2.16. The Hall–Kier alpha value is -2.67. The van der Waals surface area contributed by atoms with Gasteiger partial charge in [-0.2, -0.15) is 20.2 Å². The first-order valence-corrected chi connectivity index (χ1v) is 14.4. The molecule has 3 rings (SSSR count). The molecule has 1 aliphatic heterocycles. The summed E-state index contributed by atoms with van der Waals surface area (Å²) in [6, 6.07) is 11.4. The third-order valence-electron chi connectivity index (χ3n) is 6.32. The number of hydrogen-bond acceptors (Lipinski definition) is 8. The van der Waals surface area contributed by atoms with E-state index in [2.05, 4.69) is 20.8 Å². The lowest BCUT2D eigenvalue weighted by molar-refractivity contribution is -0.140. The highest BCUT2D eigenvalue weighted by molar-refractivity contribution is 7.98. The Morgan fingerprint density at radius 3 is 2.35 bits per heavy atom. The second-order valence-electron chi connectivity index (χ2n) is 10.1. The number of hydrazine groups is 1. The van der Waals surface area contributed by atoms with Crippen LogP contribution >= 0.6 is 11.8 Å². The molecule has 37 heavy (non-hydrogen) atoms. The molecule has 1 fully saturated rings. The van der Waals surface area contributed by atoms with Gasteiger partial charge >= 0.3 is 16.3 Å². The Labute approximate surface area is 221 Å². The minimum Gasteiger partial charge on any atom is -0.369 e. The van der Waals surface area contributed by atoms with Crippen LogP contribution in [0.3, 0.4) is 0 Å². The van der Waals surface area contributed by atoms with Crippen molar-refractivity contribution in [2.45, 2.75) is 57.7 Å². The van der Waals surface area contributed by atoms with Crippen LogP contribution in [-0.2, 0) is 36.0 Å². The molecule has 0 spiro atoms. The molecule has 2 aromatic rings. The summed E-state index contributed by atoms with van der Waals surface area (Å²) < 4.78 is 47.1. The number of amides is 1. The molecule has 1 saturated heterocycles. The first-order valence-electron chi connectivity index (χ1n) is 11.6. The minimum atomic E-state index is -4.70. The molecule has 1 aliphatic rings. The van der Waals surface area contributed by atoms with Gasteiger partial charge in [-0.25, -0.2) is 9.18 Å². The van der Waals surface area contributed by atoms with Crippen LogP contribution in [0.2, 0.25) is 0 Å². The van der Waals surface area contributed by atoms with Crippen LogP contribution < -0.4 is 16.5 Å². The van der Waals surface area contributed by atoms with Crippen LogP contribution in [0.5, 0.6) is 0 Å². The van der Waals surface area contributed by atoms with E-state index in [9.17, 15) is 18.0 Å². The maximum atomic E-state index is 15.6. The molecule has 1 heterocycles. The Kier molecular flexibility index (Phi) is 8.28. The van der Waals surface area contributed by atoms with E-state index in [1.807, 2.05) is 12.1 Å². The molecule has 0 aliphatic carbocycles. The zero-order valence-electron chi connectivity index (χ0n) is 21.5. The number of carbonyl (C=O) groups is 2. The predicted molar refractivity (Wildman–Crippen MR) is 142 cm³/mol. The van der Waals surface area contributed by atoms with Crippen molar-refractivity contribution in [3.8, 4) is 0 Å². The molecule has 0 bridgehead atoms. The van der Waals surface area contributed by atoms with E-state index in [1.54, 1.807) is 18.4 Å². The fourth-order valence-corrected chi connectivity index (χ4v) is 5.84. The lowest BCUT2D eigenvalue weighted by Crippen LogP contribution is -2.63. The largest absolute Gasteiger partial charge is 0.407 e. The van der Waals surface area contributed by atoms with E-state index in [1.165, 1.54) is 30.8 Å². The van der Waals surface area contributed by atoms with Gasteiger partial charge in [0.05, 0.1) is 18.2 Å². The van der Waals surface area contributed by atoms with E-state index in [0.29, 0.717) is 21.3 Å². The number of benzene rings is 2. The third-order valence-corrected chi connectivity index (χ3v) is 8.24. The summed E-state index contributed by atoms with van der Waals surface area (Å²) >= 11 is 1.37. The monoisotopic (exact) mass is 552 g/mol. The Bertz CT molecular complexity index is 1280. The summed E-state index contributed by atoms with van der Waals surface area (Å²) in [6.45, 7) is 7.59. The molecular weight excluding hydrogens is 519 g/mol. The lowest BCUT2D eigenvalue weighted by atomic mass is 9.87. The fraction of sp³-hybridized carbons (Fsp3) is 0.440. The van der Waals surface area contributed by atoms with Crippen LogP contribution in [-0.4, -0.2) is 42.4 Å². The summed E-state index contributed by atoms with van der Waals surface area (Å²) in [5.41, 5.74) is 11.4. The second kappa shape index (κ2) is 10.6. The molecule has 4 N–H and O–H groups in total. The van der Waals surface area contributed by atoms with E-state index in [-0.39, 0.29) is 24.1 Å². The summed E-state index contributed by atoms with van der Waals surface area (Å²) in [6.07, 6.45) is 1.72. The molecule has 2 aromatic carbocycles. The summed E-state index contributed by atoms with van der Waals surface area (Å²) in [7, 11) is -4.70. The molecule has 0 radical (unpaired) electrons. The normalized spacial score (nSPS) is 20.5. The average molecular weight is 553 g/mol. The lowest BCUT2D eigenvalue weighted by Gasteiger charge is -2.38. The van der Waals surface area contributed by atoms with Gasteiger partial charge in [-0.15, -0.1) is 0 Å². The van der Waals surface area contributed by atoms with Crippen molar-refractivity contribution in [1.29, 1.82) is 0 Å². The van der Waals surface area contributed by atoms with Crippen LogP contribution in [0, 0.1) is 5.82 Å². The number of carbonyl (C=O) groups excluding carboxylic acids is 2. The first kappa shape index (κ1) is 28.9. The zero-order chi connectivity index (χ0) is 27.8. The van der Waals surface area contributed by atoms with Gasteiger partial charge < -0.3 is 15.7 Å². The molecule has 2 unspecified atom stereocenters. The number of thioether (sulfide) groups is 1. The predicted octanol–water partition coefficient (Wildman–Crippen LogP) is 3.15. The highest BCUT2D eigenvalue weighted by Crippen LogP contribution is 2.37. The highest BCUT2D eigenvalue weighted by Gasteiger charge is 2.60. The van der Waals surface area contributed by atoms with Gasteiger partial charge in [0, 0.05) is 6.42 Å². The summed E-state index contributed by atoms with van der Waals surface area (Å²) in [5.74, 6) is -3.02. The van der Waals surface area contributed by atoms with E-state index < -0.39 is 39.6 Å². The minimum absolute atomic E-state index is 0.0654. The van der Waals surface area contributed by atoms with Crippen molar-refractivity contribution in [2.24, 2.45) is 11.5 Å². The SMILES string of the molecule is CSCCC1(N)C(=O)OS(=O)(=O)N1N(Cc1ccc(C(C)(C)C)cc1)c1ccc(C(C)C(N)=O)cc1F. The molecule has 0 saturated carbocycles. The van der Waals surface area contributed by atoms with Crippen molar-refractivity contribution in [3.63, 3.8) is 0 Å². The first-order chi connectivity index (χ1) is 17.1. The molecule has 202 valence electrons. The Morgan fingerprint density at radius 2 is 1.84 bits per heavy atom. The van der Waals surface area contributed by atoms with Gasteiger partial charge in [0.2, 0.25) is 11.6 Å². The number of nitrogens with zero attached hydrogens (tertiary/aromatic N) is 2. The maximum Gasteiger partial charge on any atom is 0.407 e. The highest BCUT2D eigenvalue weighted by atomic mass is 32.2. The quantitative estimate of drug-likeness (QED) is 0.484. The third kappa shape index (κ3) is 5.92. The van der Waals surface area contributed by atoms with Crippen LogP contribution in [0.4, 0.5) is 10.1 Å². The van der Waals surface area contributed by atoms with Crippen molar-refractivity contribution < 1.29 is 26.6 Å². The number of halogens is 1. The maximum absolute atomic E-state index is 15.6. The van der Waals surface area contributed by atoms with Gasteiger partial charge in [0.1, 0.15) is 5.82 Å². The van der Waals surface area contributed by atoms with Crippen molar-refractivity contribution >= 4 is 39.6 Å². The summed E-state index contributed by atoms with van der Waals surface area (Å²) in [4.78, 5) is 24.3. The smallest absolute Gasteiger partial charge is 0.369 e. The average Bonchev–Trinajstić information content (AvgIpc) is 2.99.